The zero-order chi connectivity index (χ0) is 21.7. The van der Waals surface area contributed by atoms with Gasteiger partial charge in [-0.2, -0.15) is 0 Å². The molecule has 1 amide bonds. The first kappa shape index (κ1) is 21.7. The molecule has 0 bridgehead atoms. The van der Waals surface area contributed by atoms with Crippen LogP contribution >= 0.6 is 0 Å². The Bertz CT molecular complexity index is 890. The van der Waals surface area contributed by atoms with Crippen LogP contribution in [-0.4, -0.2) is 54.7 Å². The van der Waals surface area contributed by atoms with Gasteiger partial charge in [0.25, 0.3) is 11.6 Å². The van der Waals surface area contributed by atoms with Crippen LogP contribution in [0.4, 0.5) is 11.4 Å². The van der Waals surface area contributed by atoms with E-state index in [1.165, 1.54) is 6.07 Å². The number of nitrogens with zero attached hydrogens (tertiary/aromatic N) is 2. The van der Waals surface area contributed by atoms with Gasteiger partial charge in [0, 0.05) is 25.3 Å². The number of morpholine rings is 1. The fourth-order valence-electron chi connectivity index (χ4n) is 3.81. The van der Waals surface area contributed by atoms with Gasteiger partial charge in [0.1, 0.15) is 11.8 Å². The number of carbonyl (C=O) groups is 1. The van der Waals surface area contributed by atoms with E-state index in [1.54, 1.807) is 24.1 Å². The van der Waals surface area contributed by atoms with Gasteiger partial charge >= 0.3 is 0 Å². The van der Waals surface area contributed by atoms with Crippen molar-refractivity contribution in [2.45, 2.75) is 32.0 Å². The van der Waals surface area contributed by atoms with Gasteiger partial charge in [-0.1, -0.05) is 30.3 Å². The number of hydrogen-bond donors (Lipinski definition) is 1. The van der Waals surface area contributed by atoms with Crippen LogP contribution in [0.3, 0.4) is 0 Å². The van der Waals surface area contributed by atoms with Crippen molar-refractivity contribution in [2.24, 2.45) is 0 Å². The number of benzene rings is 2. The molecule has 3 rings (SSSR count). The summed E-state index contributed by atoms with van der Waals surface area (Å²) >= 11 is 0. The lowest BCUT2D eigenvalue weighted by molar-refractivity contribution is -0.384. The second-order valence-corrected chi connectivity index (χ2v) is 7.38. The number of nitro benzene ring substituents is 1. The molecule has 30 heavy (non-hydrogen) atoms. The zero-order valence-electron chi connectivity index (χ0n) is 17.4. The lowest BCUT2D eigenvalue weighted by atomic mass is 9.97. The number of amides is 1. The molecule has 1 N–H and O–H groups in total. The normalized spacial score (nSPS) is 21.3. The number of carbonyl (C=O) groups excluding carboxylic acids is 1. The molecule has 0 aliphatic carbocycles. The minimum atomic E-state index is -0.481. The molecule has 0 saturated carbocycles. The summed E-state index contributed by atoms with van der Waals surface area (Å²) in [4.78, 5) is 26.2. The third-order valence-corrected chi connectivity index (χ3v) is 5.29. The van der Waals surface area contributed by atoms with Gasteiger partial charge in [-0.25, -0.2) is 0 Å². The molecule has 1 aliphatic heterocycles. The monoisotopic (exact) mass is 413 g/mol. The second kappa shape index (κ2) is 9.69. The first-order valence-electron chi connectivity index (χ1n) is 9.94. The smallest absolute Gasteiger partial charge is 0.293 e. The molecule has 2 aromatic carbocycles. The highest BCUT2D eigenvalue weighted by Crippen LogP contribution is 2.33. The maximum atomic E-state index is 13.4. The zero-order valence-corrected chi connectivity index (χ0v) is 17.4. The fourth-order valence-corrected chi connectivity index (χ4v) is 3.81. The minimum absolute atomic E-state index is 0.134. The number of methoxy groups -OCH3 is 1. The first-order valence-corrected chi connectivity index (χ1v) is 9.94. The fraction of sp³-hybridized carbons (Fsp3) is 0.409. The van der Waals surface area contributed by atoms with E-state index >= 15 is 0 Å². The molecule has 2 aromatic rings. The molecular weight excluding hydrogens is 386 g/mol. The molecule has 1 saturated heterocycles. The van der Waals surface area contributed by atoms with Gasteiger partial charge in [-0.05, 0) is 31.5 Å². The number of anilines is 1. The lowest BCUT2D eigenvalue weighted by Gasteiger charge is -2.43. The van der Waals surface area contributed by atoms with Crippen LogP contribution in [0.1, 0.15) is 35.9 Å². The van der Waals surface area contributed by atoms with Gasteiger partial charge in [-0.3, -0.25) is 14.9 Å². The molecular formula is C22H27N3O5. The summed E-state index contributed by atoms with van der Waals surface area (Å²) in [5.74, 6) is -0.245. The van der Waals surface area contributed by atoms with Crippen molar-refractivity contribution in [3.05, 3.63) is 69.8 Å². The number of hydrogen-bond acceptors (Lipinski definition) is 6. The van der Waals surface area contributed by atoms with Gasteiger partial charge in [0.15, 0.2) is 0 Å². The summed E-state index contributed by atoms with van der Waals surface area (Å²) in [5.41, 5.74) is 1.51. The highest BCUT2D eigenvalue weighted by atomic mass is 16.6. The molecule has 0 radical (unpaired) electrons. The largest absolute Gasteiger partial charge is 0.383 e. The highest BCUT2D eigenvalue weighted by molar-refractivity contribution is 5.96. The van der Waals surface area contributed by atoms with E-state index in [4.69, 9.17) is 9.47 Å². The maximum Gasteiger partial charge on any atom is 0.293 e. The van der Waals surface area contributed by atoms with Crippen molar-refractivity contribution >= 4 is 17.3 Å². The summed E-state index contributed by atoms with van der Waals surface area (Å²) in [6.07, 6.45) is -0.253. The standard InChI is InChI=1S/C22H27N3O5/c1-15-14-30-21(17-7-5-4-6-8-17)16(2)24(15)22(26)18-9-10-19(23-11-12-29-3)20(13-18)25(27)28/h4-10,13,15-16,21,23H,11-12,14H2,1-3H3. The second-order valence-electron chi connectivity index (χ2n) is 7.38. The van der Waals surface area contributed by atoms with Crippen LogP contribution < -0.4 is 5.32 Å². The van der Waals surface area contributed by atoms with Crippen molar-refractivity contribution in [2.75, 3.05) is 32.2 Å². The summed E-state index contributed by atoms with van der Waals surface area (Å²) in [6, 6.07) is 13.9. The molecule has 0 aromatic heterocycles. The molecule has 8 heteroatoms. The molecule has 8 nitrogen and oxygen atoms in total. The Morgan fingerprint density at radius 2 is 2.00 bits per heavy atom. The molecule has 3 unspecified atom stereocenters. The molecule has 160 valence electrons. The van der Waals surface area contributed by atoms with E-state index in [9.17, 15) is 14.9 Å². The third kappa shape index (κ3) is 4.60. The Balaban J connectivity index is 1.86. The van der Waals surface area contributed by atoms with E-state index in [0.29, 0.717) is 25.4 Å². The van der Waals surface area contributed by atoms with Gasteiger partial charge in [0.2, 0.25) is 0 Å². The van der Waals surface area contributed by atoms with Crippen molar-refractivity contribution in [1.29, 1.82) is 0 Å². The lowest BCUT2D eigenvalue weighted by Crippen LogP contribution is -2.53. The van der Waals surface area contributed by atoms with Gasteiger partial charge in [-0.15, -0.1) is 0 Å². The van der Waals surface area contributed by atoms with E-state index in [-0.39, 0.29) is 35.3 Å². The Morgan fingerprint density at radius 1 is 1.27 bits per heavy atom. The van der Waals surface area contributed by atoms with Gasteiger partial charge in [0.05, 0.1) is 30.2 Å². The Labute approximate surface area is 175 Å². The summed E-state index contributed by atoms with van der Waals surface area (Å²) in [6.45, 7) is 5.11. The van der Waals surface area contributed by atoms with E-state index in [2.05, 4.69) is 5.32 Å². The SMILES string of the molecule is COCCNc1ccc(C(=O)N2C(C)COC(c3ccccc3)C2C)cc1[N+](=O)[O-]. The quantitative estimate of drug-likeness (QED) is 0.423. The Morgan fingerprint density at radius 3 is 2.67 bits per heavy atom. The van der Waals surface area contributed by atoms with Crippen LogP contribution in [0.15, 0.2) is 48.5 Å². The van der Waals surface area contributed by atoms with Crippen molar-refractivity contribution < 1.29 is 19.2 Å². The summed E-state index contributed by atoms with van der Waals surface area (Å²) in [5, 5.41) is 14.5. The predicted molar refractivity (Wildman–Crippen MR) is 114 cm³/mol. The Kier molecular flexibility index (Phi) is 7.02. The van der Waals surface area contributed by atoms with Crippen LogP contribution in [0, 0.1) is 10.1 Å². The van der Waals surface area contributed by atoms with Crippen molar-refractivity contribution in [1.82, 2.24) is 4.90 Å². The van der Waals surface area contributed by atoms with Crippen LogP contribution in [0.2, 0.25) is 0 Å². The molecule has 1 heterocycles. The molecule has 1 fully saturated rings. The molecule has 3 atom stereocenters. The topological polar surface area (TPSA) is 93.9 Å². The molecule has 0 spiro atoms. The number of nitrogens with one attached hydrogen (secondary N) is 1. The maximum absolute atomic E-state index is 13.4. The van der Waals surface area contributed by atoms with E-state index in [1.807, 2.05) is 44.2 Å². The van der Waals surface area contributed by atoms with Gasteiger partial charge < -0.3 is 19.7 Å². The molecule has 1 aliphatic rings. The number of ether oxygens (including phenoxy) is 2. The Hall–Kier alpha value is -2.97. The highest BCUT2D eigenvalue weighted by Gasteiger charge is 2.37. The first-order chi connectivity index (χ1) is 14.4. The average Bonchev–Trinajstić information content (AvgIpc) is 2.74. The average molecular weight is 413 g/mol. The van der Waals surface area contributed by atoms with Crippen LogP contribution in [0.25, 0.3) is 0 Å². The predicted octanol–water partition coefficient (Wildman–Crippen LogP) is 3.64. The number of rotatable bonds is 7. The van der Waals surface area contributed by atoms with Crippen molar-refractivity contribution in [3.8, 4) is 0 Å². The van der Waals surface area contributed by atoms with E-state index in [0.717, 1.165) is 5.56 Å². The number of nitro groups is 1. The van der Waals surface area contributed by atoms with E-state index < -0.39 is 4.92 Å². The van der Waals surface area contributed by atoms with Crippen LogP contribution in [0.5, 0.6) is 0 Å². The third-order valence-electron chi connectivity index (χ3n) is 5.29. The van der Waals surface area contributed by atoms with Crippen LogP contribution in [-0.2, 0) is 9.47 Å². The minimum Gasteiger partial charge on any atom is -0.383 e. The summed E-state index contributed by atoms with van der Waals surface area (Å²) < 4.78 is 11.0. The van der Waals surface area contributed by atoms with Crippen molar-refractivity contribution in [3.63, 3.8) is 0 Å². The summed E-state index contributed by atoms with van der Waals surface area (Å²) in [7, 11) is 1.56.